The number of aromatic nitrogens is 2. The van der Waals surface area contributed by atoms with Crippen molar-refractivity contribution in [2.45, 2.75) is 45.4 Å². The maximum absolute atomic E-state index is 12.2. The van der Waals surface area contributed by atoms with Gasteiger partial charge >= 0.3 is 6.09 Å². The first-order valence-corrected chi connectivity index (χ1v) is 7.23. The molecule has 0 spiro atoms. The van der Waals surface area contributed by atoms with Gasteiger partial charge in [0.2, 0.25) is 5.88 Å². The molecular weight excluding hydrogens is 326 g/mol. The number of likely N-dealkylation sites (N-methyl/N-ethyl adjacent to an activating group) is 1. The fourth-order valence-electron chi connectivity index (χ4n) is 1.95. The first-order valence-electron chi connectivity index (χ1n) is 6.43. The zero-order valence-corrected chi connectivity index (χ0v) is 14.0. The van der Waals surface area contributed by atoms with Gasteiger partial charge in [0.25, 0.3) is 0 Å². The van der Waals surface area contributed by atoms with E-state index in [-0.39, 0.29) is 6.09 Å². The third kappa shape index (κ3) is 2.92. The van der Waals surface area contributed by atoms with E-state index in [1.807, 2.05) is 27.7 Å². The van der Waals surface area contributed by atoms with Crippen molar-refractivity contribution in [1.82, 2.24) is 14.7 Å². The Labute approximate surface area is 127 Å². The second-order valence-electron chi connectivity index (χ2n) is 6.28. The molecular formula is C13H20BrN3O3. The maximum Gasteiger partial charge on any atom is 0.410 e. The van der Waals surface area contributed by atoms with Crippen molar-refractivity contribution >= 4 is 22.0 Å². The third-order valence-corrected chi connectivity index (χ3v) is 3.78. The Balaban J connectivity index is 2.14. The molecule has 2 heterocycles. The van der Waals surface area contributed by atoms with Crippen molar-refractivity contribution in [3.05, 3.63) is 10.7 Å². The van der Waals surface area contributed by atoms with Crippen molar-refractivity contribution < 1.29 is 14.3 Å². The van der Waals surface area contributed by atoms with Gasteiger partial charge in [0.1, 0.15) is 12.2 Å². The van der Waals surface area contributed by atoms with Crippen LogP contribution in [0.5, 0.6) is 5.88 Å². The van der Waals surface area contributed by atoms with Gasteiger partial charge in [-0.05, 0) is 43.6 Å². The lowest BCUT2D eigenvalue weighted by molar-refractivity contribution is -0.0170. The summed E-state index contributed by atoms with van der Waals surface area (Å²) in [7, 11) is 1.72. The second-order valence-corrected chi connectivity index (χ2v) is 7.13. The molecule has 0 aliphatic carbocycles. The average molecular weight is 346 g/mol. The van der Waals surface area contributed by atoms with Crippen LogP contribution < -0.4 is 4.74 Å². The van der Waals surface area contributed by atoms with E-state index in [1.165, 1.54) is 0 Å². The molecule has 0 fully saturated rings. The van der Waals surface area contributed by atoms with Gasteiger partial charge in [0, 0.05) is 7.05 Å². The molecule has 0 N–H and O–H groups in total. The van der Waals surface area contributed by atoms with Crippen LogP contribution in [0.25, 0.3) is 0 Å². The zero-order chi connectivity index (χ0) is 15.1. The molecule has 1 atom stereocenters. The summed E-state index contributed by atoms with van der Waals surface area (Å²) in [5.41, 5.74) is -1.02. The number of ether oxygens (including phenoxy) is 2. The Kier molecular flexibility index (Phi) is 3.75. The Morgan fingerprint density at radius 3 is 2.85 bits per heavy atom. The monoisotopic (exact) mass is 345 g/mol. The highest BCUT2D eigenvalue weighted by Crippen LogP contribution is 2.32. The molecule has 1 aliphatic rings. The first kappa shape index (κ1) is 15.2. The van der Waals surface area contributed by atoms with Crippen LogP contribution >= 0.6 is 15.9 Å². The fraction of sp³-hybridized carbons (Fsp3) is 0.692. The van der Waals surface area contributed by atoms with Gasteiger partial charge in [-0.1, -0.05) is 0 Å². The normalized spacial score (nSPS) is 21.9. The Bertz CT molecular complexity index is 523. The highest BCUT2D eigenvalue weighted by molar-refractivity contribution is 9.10. The van der Waals surface area contributed by atoms with E-state index in [0.29, 0.717) is 19.0 Å². The van der Waals surface area contributed by atoms with Gasteiger partial charge in [-0.15, -0.1) is 0 Å². The molecule has 1 amide bonds. The summed E-state index contributed by atoms with van der Waals surface area (Å²) in [6.45, 7) is 8.45. The van der Waals surface area contributed by atoms with E-state index in [9.17, 15) is 4.79 Å². The van der Waals surface area contributed by atoms with Gasteiger partial charge in [0.15, 0.2) is 0 Å². The summed E-state index contributed by atoms with van der Waals surface area (Å²) in [6.07, 6.45) is 1.33. The SMILES string of the molecule is CN(C(=O)OC(C)(C)C)C1(C)COc2c(Br)cnn2C1. The zero-order valence-electron chi connectivity index (χ0n) is 12.4. The Morgan fingerprint density at radius 1 is 1.60 bits per heavy atom. The minimum absolute atomic E-state index is 0.363. The van der Waals surface area contributed by atoms with Gasteiger partial charge < -0.3 is 14.4 Å². The number of hydrogen-bond donors (Lipinski definition) is 0. The number of carbonyl (C=O) groups excluding carboxylic acids is 1. The van der Waals surface area contributed by atoms with Crippen molar-refractivity contribution in [2.24, 2.45) is 0 Å². The third-order valence-electron chi connectivity index (χ3n) is 3.24. The Morgan fingerprint density at radius 2 is 2.25 bits per heavy atom. The van der Waals surface area contributed by atoms with Crippen LogP contribution in [-0.4, -0.2) is 45.6 Å². The van der Waals surface area contributed by atoms with E-state index >= 15 is 0 Å². The van der Waals surface area contributed by atoms with Gasteiger partial charge in [-0.3, -0.25) is 0 Å². The lowest BCUT2D eigenvalue weighted by atomic mass is 10.0. The van der Waals surface area contributed by atoms with Gasteiger partial charge in [0.05, 0.1) is 22.8 Å². The number of carbonyl (C=O) groups is 1. The molecule has 1 unspecified atom stereocenters. The lowest BCUT2D eigenvalue weighted by Crippen LogP contribution is -2.57. The van der Waals surface area contributed by atoms with E-state index < -0.39 is 11.1 Å². The highest BCUT2D eigenvalue weighted by Gasteiger charge is 2.40. The van der Waals surface area contributed by atoms with Crippen LogP contribution in [0.4, 0.5) is 4.79 Å². The average Bonchev–Trinajstić information content (AvgIpc) is 2.67. The quantitative estimate of drug-likeness (QED) is 0.785. The molecule has 0 saturated heterocycles. The predicted octanol–water partition coefficient (Wildman–Crippen LogP) is 2.66. The van der Waals surface area contributed by atoms with Gasteiger partial charge in [-0.2, -0.15) is 5.10 Å². The number of fused-ring (bicyclic) bond motifs is 1. The number of halogens is 1. The fourth-order valence-corrected chi connectivity index (χ4v) is 2.36. The van der Waals surface area contributed by atoms with E-state index in [0.717, 1.165) is 4.47 Å². The molecule has 0 aromatic carbocycles. The van der Waals surface area contributed by atoms with E-state index in [4.69, 9.17) is 9.47 Å². The van der Waals surface area contributed by atoms with Crippen LogP contribution in [0.3, 0.4) is 0 Å². The molecule has 7 heteroatoms. The molecule has 0 radical (unpaired) electrons. The minimum atomic E-state index is -0.517. The molecule has 2 rings (SSSR count). The molecule has 112 valence electrons. The van der Waals surface area contributed by atoms with E-state index in [1.54, 1.807) is 22.8 Å². The molecule has 0 saturated carbocycles. The number of hydrogen-bond acceptors (Lipinski definition) is 4. The second kappa shape index (κ2) is 4.95. The van der Waals surface area contributed by atoms with Crippen LogP contribution in [0, 0.1) is 0 Å². The number of amides is 1. The van der Waals surface area contributed by atoms with Crippen molar-refractivity contribution in [1.29, 1.82) is 0 Å². The number of rotatable bonds is 1. The summed E-state index contributed by atoms with van der Waals surface area (Å²) >= 11 is 3.38. The van der Waals surface area contributed by atoms with Crippen molar-refractivity contribution in [3.63, 3.8) is 0 Å². The molecule has 1 aromatic rings. The molecule has 1 aliphatic heterocycles. The van der Waals surface area contributed by atoms with Crippen molar-refractivity contribution in [2.75, 3.05) is 13.7 Å². The molecule has 0 bridgehead atoms. The van der Waals surface area contributed by atoms with Gasteiger partial charge in [-0.25, -0.2) is 9.48 Å². The largest absolute Gasteiger partial charge is 0.474 e. The summed E-state index contributed by atoms with van der Waals surface area (Å²) < 4.78 is 13.7. The van der Waals surface area contributed by atoms with Crippen LogP contribution in [-0.2, 0) is 11.3 Å². The summed E-state index contributed by atoms with van der Waals surface area (Å²) in [4.78, 5) is 13.8. The summed E-state index contributed by atoms with van der Waals surface area (Å²) in [6, 6.07) is 0. The maximum atomic E-state index is 12.2. The summed E-state index contributed by atoms with van der Waals surface area (Å²) in [5.74, 6) is 0.695. The molecule has 1 aromatic heterocycles. The lowest BCUT2D eigenvalue weighted by Gasteiger charge is -2.41. The smallest absolute Gasteiger partial charge is 0.410 e. The number of nitrogens with zero attached hydrogens (tertiary/aromatic N) is 3. The molecule has 20 heavy (non-hydrogen) atoms. The van der Waals surface area contributed by atoms with Crippen molar-refractivity contribution in [3.8, 4) is 5.88 Å². The summed E-state index contributed by atoms with van der Waals surface area (Å²) in [5, 5.41) is 4.23. The standard InChI is InChI=1S/C13H20BrN3O3/c1-12(2,3)20-11(18)16(5)13(4)7-17-10(19-8-13)9(14)6-15-17/h6H,7-8H2,1-5H3. The first-order chi connectivity index (χ1) is 9.12. The topological polar surface area (TPSA) is 56.6 Å². The predicted molar refractivity (Wildman–Crippen MR) is 77.8 cm³/mol. The van der Waals surface area contributed by atoms with Crippen LogP contribution in [0.1, 0.15) is 27.7 Å². The Hall–Kier alpha value is -1.24. The molecule has 6 nitrogen and oxygen atoms in total. The van der Waals surface area contributed by atoms with Crippen LogP contribution in [0.2, 0.25) is 0 Å². The van der Waals surface area contributed by atoms with Crippen LogP contribution in [0.15, 0.2) is 10.7 Å². The minimum Gasteiger partial charge on any atom is -0.474 e. The van der Waals surface area contributed by atoms with E-state index in [2.05, 4.69) is 21.0 Å². The highest BCUT2D eigenvalue weighted by atomic mass is 79.9.